The lowest BCUT2D eigenvalue weighted by atomic mass is 10.1. The van der Waals surface area contributed by atoms with E-state index in [1.165, 1.54) is 17.0 Å². The maximum Gasteiger partial charge on any atom is 0.261 e. The molecule has 156 valence electrons. The zero-order valence-electron chi connectivity index (χ0n) is 17.5. The Morgan fingerprint density at radius 2 is 1.69 bits per heavy atom. The monoisotopic (exact) mass is 400 g/mol. The average molecular weight is 400 g/mol. The molecular weight excluding hydrogens is 371 g/mol. The van der Waals surface area contributed by atoms with E-state index in [4.69, 9.17) is 4.74 Å². The molecule has 0 fully saturated rings. The van der Waals surface area contributed by atoms with Crippen molar-refractivity contribution in [2.24, 2.45) is 0 Å². The van der Waals surface area contributed by atoms with Crippen molar-refractivity contribution in [3.05, 3.63) is 65.0 Å². The Morgan fingerprint density at radius 3 is 2.24 bits per heavy atom. The highest BCUT2D eigenvalue weighted by Crippen LogP contribution is 2.18. The van der Waals surface area contributed by atoms with Gasteiger partial charge >= 0.3 is 0 Å². The highest BCUT2D eigenvalue weighted by molar-refractivity contribution is 5.88. The summed E-state index contributed by atoms with van der Waals surface area (Å²) in [5.74, 6) is -0.243. The maximum atomic E-state index is 13.2. The fraction of sp³-hybridized carbons (Fsp3) is 0.391. The first kappa shape index (κ1) is 22.4. The van der Waals surface area contributed by atoms with E-state index in [1.54, 1.807) is 12.1 Å². The van der Waals surface area contributed by atoms with E-state index in [0.29, 0.717) is 18.7 Å². The summed E-state index contributed by atoms with van der Waals surface area (Å²) in [7, 11) is 0. The molecule has 0 heterocycles. The van der Waals surface area contributed by atoms with E-state index in [9.17, 15) is 14.0 Å². The number of ether oxygens (including phenoxy) is 1. The molecule has 0 aliphatic rings. The Balaban J connectivity index is 2.20. The molecule has 1 unspecified atom stereocenters. The van der Waals surface area contributed by atoms with Crippen LogP contribution in [-0.4, -0.2) is 35.9 Å². The van der Waals surface area contributed by atoms with Gasteiger partial charge in [0.25, 0.3) is 5.91 Å². The summed E-state index contributed by atoms with van der Waals surface area (Å²) in [5, 5.41) is 2.78. The molecule has 6 heteroatoms. The molecule has 2 amide bonds. The molecular formula is C23H29FN2O3. The lowest BCUT2D eigenvalue weighted by Crippen LogP contribution is -2.50. The van der Waals surface area contributed by atoms with Crippen LogP contribution >= 0.6 is 0 Å². The van der Waals surface area contributed by atoms with Gasteiger partial charge in [-0.2, -0.15) is 0 Å². The van der Waals surface area contributed by atoms with E-state index < -0.39 is 6.04 Å². The Morgan fingerprint density at radius 1 is 1.07 bits per heavy atom. The number of nitrogens with one attached hydrogen (secondary N) is 1. The number of aryl methyl sites for hydroxylation is 2. The molecule has 1 atom stereocenters. The first-order valence-corrected chi connectivity index (χ1v) is 9.86. The Kier molecular flexibility index (Phi) is 8.19. The topological polar surface area (TPSA) is 58.6 Å². The first-order chi connectivity index (χ1) is 13.8. The summed E-state index contributed by atoms with van der Waals surface area (Å²) in [5.41, 5.74) is 2.84. The number of rotatable bonds is 9. The molecule has 0 aromatic heterocycles. The number of carbonyl (C=O) groups is 2. The lowest BCUT2D eigenvalue weighted by Gasteiger charge is -2.30. The van der Waals surface area contributed by atoms with Gasteiger partial charge in [-0.25, -0.2) is 4.39 Å². The molecule has 0 bridgehead atoms. The van der Waals surface area contributed by atoms with Crippen LogP contribution in [0.15, 0.2) is 42.5 Å². The van der Waals surface area contributed by atoms with Crippen LogP contribution in [0.4, 0.5) is 4.39 Å². The fourth-order valence-electron chi connectivity index (χ4n) is 3.24. The van der Waals surface area contributed by atoms with Crippen molar-refractivity contribution in [2.45, 2.75) is 46.7 Å². The predicted octanol–water partition coefficient (Wildman–Crippen LogP) is 3.76. The quantitative estimate of drug-likeness (QED) is 0.697. The minimum atomic E-state index is -0.629. The molecule has 0 aliphatic carbocycles. The van der Waals surface area contributed by atoms with E-state index in [2.05, 4.69) is 5.32 Å². The summed E-state index contributed by atoms with van der Waals surface area (Å²) < 4.78 is 19.0. The number of amides is 2. The van der Waals surface area contributed by atoms with Crippen molar-refractivity contribution >= 4 is 11.8 Å². The number of likely N-dealkylation sites (N-methyl/N-ethyl adjacent to an activating group) is 1. The molecule has 0 aliphatic heterocycles. The summed E-state index contributed by atoms with van der Waals surface area (Å²) in [6, 6.07) is 11.1. The Bertz CT molecular complexity index is 816. The molecule has 2 aromatic carbocycles. The molecule has 2 aromatic rings. The number of benzene rings is 2. The van der Waals surface area contributed by atoms with Crippen LogP contribution in [-0.2, 0) is 16.1 Å². The van der Waals surface area contributed by atoms with E-state index in [-0.39, 0.29) is 30.8 Å². The van der Waals surface area contributed by atoms with E-state index in [0.717, 1.165) is 16.7 Å². The summed E-state index contributed by atoms with van der Waals surface area (Å²) >= 11 is 0. The zero-order valence-corrected chi connectivity index (χ0v) is 17.5. The minimum absolute atomic E-state index is 0.181. The van der Waals surface area contributed by atoms with Gasteiger partial charge in [-0.15, -0.1) is 0 Å². The maximum absolute atomic E-state index is 13.2. The number of carbonyl (C=O) groups excluding carboxylic acids is 2. The molecule has 0 spiro atoms. The lowest BCUT2D eigenvalue weighted by molar-refractivity contribution is -0.142. The number of nitrogens with zero attached hydrogens (tertiary/aromatic N) is 1. The predicted molar refractivity (Wildman–Crippen MR) is 111 cm³/mol. The standard InChI is InChI=1S/C23H29FN2O3/c1-5-21(23(28)25-6-2)26(14-18-7-9-19(24)10-8-18)22(27)15-29-20-12-16(3)11-17(4)13-20/h7-13,21H,5-6,14-15H2,1-4H3,(H,25,28). The molecule has 0 saturated heterocycles. The number of hydrogen-bond acceptors (Lipinski definition) is 3. The van der Waals surface area contributed by atoms with Crippen LogP contribution in [0.3, 0.4) is 0 Å². The molecule has 0 saturated carbocycles. The van der Waals surface area contributed by atoms with Crippen molar-refractivity contribution < 1.29 is 18.7 Å². The van der Waals surface area contributed by atoms with Crippen molar-refractivity contribution in [3.8, 4) is 5.75 Å². The van der Waals surface area contributed by atoms with Gasteiger partial charge in [-0.1, -0.05) is 25.1 Å². The highest BCUT2D eigenvalue weighted by Gasteiger charge is 2.28. The normalized spacial score (nSPS) is 11.6. The summed E-state index contributed by atoms with van der Waals surface area (Å²) in [6.07, 6.45) is 0.461. The van der Waals surface area contributed by atoms with Gasteiger partial charge in [0.05, 0.1) is 0 Å². The smallest absolute Gasteiger partial charge is 0.261 e. The van der Waals surface area contributed by atoms with Crippen LogP contribution < -0.4 is 10.1 Å². The summed E-state index contributed by atoms with van der Waals surface area (Å²) in [4.78, 5) is 27.0. The Hall–Kier alpha value is -2.89. The second kappa shape index (κ2) is 10.6. The fourth-order valence-corrected chi connectivity index (χ4v) is 3.24. The van der Waals surface area contributed by atoms with E-state index >= 15 is 0 Å². The first-order valence-electron chi connectivity index (χ1n) is 9.86. The third-order valence-electron chi connectivity index (χ3n) is 4.56. The van der Waals surface area contributed by atoms with Gasteiger partial charge in [0.15, 0.2) is 6.61 Å². The number of hydrogen-bond donors (Lipinski definition) is 1. The van der Waals surface area contributed by atoms with Crippen LogP contribution in [0.5, 0.6) is 5.75 Å². The van der Waals surface area contributed by atoms with Gasteiger partial charge in [0, 0.05) is 13.1 Å². The van der Waals surface area contributed by atoms with Crippen LogP contribution in [0.1, 0.15) is 37.0 Å². The SMILES string of the molecule is CCNC(=O)C(CC)N(Cc1ccc(F)cc1)C(=O)COc1cc(C)cc(C)c1. The largest absolute Gasteiger partial charge is 0.484 e. The van der Waals surface area contributed by atoms with Crippen LogP contribution in [0.25, 0.3) is 0 Å². The Labute approximate surface area is 171 Å². The van der Waals surface area contributed by atoms with Crippen molar-refractivity contribution in [3.63, 3.8) is 0 Å². The second-order valence-electron chi connectivity index (χ2n) is 7.08. The third kappa shape index (κ3) is 6.59. The third-order valence-corrected chi connectivity index (χ3v) is 4.56. The minimum Gasteiger partial charge on any atom is -0.484 e. The summed E-state index contributed by atoms with van der Waals surface area (Å²) in [6.45, 7) is 8.11. The zero-order chi connectivity index (χ0) is 21.4. The molecule has 5 nitrogen and oxygen atoms in total. The number of halogens is 1. The van der Waals surface area contributed by atoms with E-state index in [1.807, 2.05) is 45.9 Å². The van der Waals surface area contributed by atoms with Gasteiger partial charge in [-0.3, -0.25) is 9.59 Å². The second-order valence-corrected chi connectivity index (χ2v) is 7.08. The van der Waals surface area contributed by atoms with Gasteiger partial charge in [0.1, 0.15) is 17.6 Å². The highest BCUT2D eigenvalue weighted by atomic mass is 19.1. The van der Waals surface area contributed by atoms with Gasteiger partial charge in [0.2, 0.25) is 5.91 Å². The van der Waals surface area contributed by atoms with Crippen molar-refractivity contribution in [1.29, 1.82) is 0 Å². The average Bonchev–Trinajstić information content (AvgIpc) is 2.67. The van der Waals surface area contributed by atoms with Crippen molar-refractivity contribution in [2.75, 3.05) is 13.2 Å². The molecule has 2 rings (SSSR count). The molecule has 0 radical (unpaired) electrons. The molecule has 29 heavy (non-hydrogen) atoms. The van der Waals surface area contributed by atoms with Gasteiger partial charge < -0.3 is 15.0 Å². The molecule has 1 N–H and O–H groups in total. The van der Waals surface area contributed by atoms with Crippen LogP contribution in [0, 0.1) is 19.7 Å². The van der Waals surface area contributed by atoms with Crippen molar-refractivity contribution in [1.82, 2.24) is 10.2 Å². The van der Waals surface area contributed by atoms with Gasteiger partial charge in [-0.05, 0) is 68.1 Å². The van der Waals surface area contributed by atoms with Crippen LogP contribution in [0.2, 0.25) is 0 Å².